The quantitative estimate of drug-likeness (QED) is 0.696. The van der Waals surface area contributed by atoms with E-state index in [2.05, 4.69) is 4.98 Å². The van der Waals surface area contributed by atoms with Crippen molar-refractivity contribution in [2.45, 2.75) is 6.18 Å². The van der Waals surface area contributed by atoms with E-state index in [1.54, 1.807) is 18.2 Å². The number of halogens is 3. The van der Waals surface area contributed by atoms with Crippen molar-refractivity contribution in [3.05, 3.63) is 48.7 Å². The molecule has 128 valence electrons. The van der Waals surface area contributed by atoms with Crippen LogP contribution in [0.4, 0.5) is 13.2 Å². The second-order valence-corrected chi connectivity index (χ2v) is 5.49. The van der Waals surface area contributed by atoms with Gasteiger partial charge in [-0.25, -0.2) is 4.98 Å². The number of nitrogens with zero attached hydrogens (tertiary/aromatic N) is 1. The number of alkyl halides is 3. The molecule has 0 unspecified atom stereocenters. The molecule has 0 atom stereocenters. The average molecular weight is 347 g/mol. The summed E-state index contributed by atoms with van der Waals surface area (Å²) < 4.78 is 52.8. The van der Waals surface area contributed by atoms with Gasteiger partial charge in [0.25, 0.3) is 0 Å². The zero-order chi connectivity index (χ0) is 17.4. The van der Waals surface area contributed by atoms with Crippen molar-refractivity contribution in [2.24, 2.45) is 0 Å². The van der Waals surface area contributed by atoms with E-state index in [-0.39, 0.29) is 12.7 Å². The summed E-state index contributed by atoms with van der Waals surface area (Å²) in [6.45, 7) is -1.21. The first-order valence-electron chi connectivity index (χ1n) is 7.48. The van der Waals surface area contributed by atoms with E-state index in [9.17, 15) is 13.2 Å². The summed E-state index contributed by atoms with van der Waals surface area (Å²) in [5.74, 6) is 1.24. The van der Waals surface area contributed by atoms with Crippen molar-refractivity contribution in [3.63, 3.8) is 0 Å². The van der Waals surface area contributed by atoms with Crippen LogP contribution in [0.1, 0.15) is 0 Å². The average Bonchev–Trinajstić information content (AvgIpc) is 3.06. The van der Waals surface area contributed by atoms with Crippen LogP contribution in [-0.4, -0.2) is 24.6 Å². The number of aromatic nitrogens is 1. The number of hydrogen-bond acceptors (Lipinski definition) is 4. The number of pyridine rings is 1. The SMILES string of the molecule is FC(F)(F)COc1ncc(-c2ccc3c(c2)OCO3)c2ccccc12. The van der Waals surface area contributed by atoms with Gasteiger partial charge in [-0.2, -0.15) is 13.2 Å². The molecule has 0 radical (unpaired) electrons. The van der Waals surface area contributed by atoms with Gasteiger partial charge in [-0.15, -0.1) is 0 Å². The number of fused-ring (bicyclic) bond motifs is 2. The summed E-state index contributed by atoms with van der Waals surface area (Å²) in [4.78, 5) is 4.09. The Balaban J connectivity index is 1.78. The van der Waals surface area contributed by atoms with Gasteiger partial charge >= 0.3 is 6.18 Å². The summed E-state index contributed by atoms with van der Waals surface area (Å²) in [5, 5.41) is 1.26. The van der Waals surface area contributed by atoms with Gasteiger partial charge in [0.1, 0.15) is 0 Å². The molecule has 1 aliphatic rings. The lowest BCUT2D eigenvalue weighted by Gasteiger charge is -2.13. The van der Waals surface area contributed by atoms with E-state index in [0.717, 1.165) is 16.5 Å². The molecule has 0 aliphatic carbocycles. The van der Waals surface area contributed by atoms with Crippen LogP contribution in [0, 0.1) is 0 Å². The standard InChI is InChI=1S/C18H12F3NO3/c19-18(20,21)9-23-17-13-4-2-1-3-12(13)14(8-22-17)11-5-6-15-16(7-11)25-10-24-15/h1-8H,9-10H2. The van der Waals surface area contributed by atoms with Crippen LogP contribution >= 0.6 is 0 Å². The van der Waals surface area contributed by atoms with Crippen molar-refractivity contribution in [3.8, 4) is 28.5 Å². The van der Waals surface area contributed by atoms with Crippen molar-refractivity contribution in [2.75, 3.05) is 13.4 Å². The van der Waals surface area contributed by atoms with E-state index < -0.39 is 12.8 Å². The van der Waals surface area contributed by atoms with E-state index in [1.165, 1.54) is 6.20 Å². The minimum Gasteiger partial charge on any atom is -0.468 e. The first-order valence-corrected chi connectivity index (χ1v) is 7.48. The lowest BCUT2D eigenvalue weighted by atomic mass is 10.0. The zero-order valence-electron chi connectivity index (χ0n) is 12.8. The minimum atomic E-state index is -4.42. The molecule has 0 bridgehead atoms. The van der Waals surface area contributed by atoms with Gasteiger partial charge in [0.2, 0.25) is 12.7 Å². The van der Waals surface area contributed by atoms with Crippen LogP contribution in [0.2, 0.25) is 0 Å². The Bertz CT molecular complexity index is 940. The van der Waals surface area contributed by atoms with Gasteiger partial charge in [0.05, 0.1) is 0 Å². The van der Waals surface area contributed by atoms with Crippen LogP contribution in [0.25, 0.3) is 21.9 Å². The van der Waals surface area contributed by atoms with Crippen LogP contribution in [0.3, 0.4) is 0 Å². The second-order valence-electron chi connectivity index (χ2n) is 5.49. The minimum absolute atomic E-state index is 0.0441. The normalized spacial score (nSPS) is 13.2. The molecule has 25 heavy (non-hydrogen) atoms. The van der Waals surface area contributed by atoms with Crippen LogP contribution < -0.4 is 14.2 Å². The molecule has 2 heterocycles. The highest BCUT2D eigenvalue weighted by Crippen LogP contribution is 2.39. The van der Waals surface area contributed by atoms with Gasteiger partial charge in [-0.1, -0.05) is 24.3 Å². The molecular formula is C18H12F3NO3. The molecule has 0 spiro atoms. The maximum absolute atomic E-state index is 12.4. The highest BCUT2D eigenvalue weighted by atomic mass is 19.4. The first-order chi connectivity index (χ1) is 12.0. The number of rotatable bonds is 3. The number of hydrogen-bond donors (Lipinski definition) is 0. The Morgan fingerprint density at radius 1 is 1.00 bits per heavy atom. The number of ether oxygens (including phenoxy) is 3. The molecule has 0 saturated heterocycles. The highest BCUT2D eigenvalue weighted by molar-refractivity contribution is 5.99. The third-order valence-electron chi connectivity index (χ3n) is 3.81. The molecule has 1 aromatic heterocycles. The van der Waals surface area contributed by atoms with E-state index in [0.29, 0.717) is 16.9 Å². The maximum Gasteiger partial charge on any atom is 0.422 e. The molecule has 0 N–H and O–H groups in total. The molecule has 3 aromatic rings. The molecule has 2 aromatic carbocycles. The van der Waals surface area contributed by atoms with Gasteiger partial charge in [0.15, 0.2) is 18.1 Å². The molecule has 4 rings (SSSR count). The fraction of sp³-hybridized carbons (Fsp3) is 0.167. The lowest BCUT2D eigenvalue weighted by molar-refractivity contribution is -0.153. The Morgan fingerprint density at radius 3 is 2.56 bits per heavy atom. The molecule has 4 nitrogen and oxygen atoms in total. The Morgan fingerprint density at radius 2 is 1.76 bits per heavy atom. The molecule has 1 aliphatic heterocycles. The van der Waals surface area contributed by atoms with Crippen molar-refractivity contribution < 1.29 is 27.4 Å². The smallest absolute Gasteiger partial charge is 0.422 e. The van der Waals surface area contributed by atoms with Gasteiger partial charge < -0.3 is 14.2 Å². The Kier molecular flexibility index (Phi) is 3.63. The molecule has 7 heteroatoms. The summed E-state index contributed by atoms with van der Waals surface area (Å²) in [6, 6.07) is 12.5. The predicted molar refractivity (Wildman–Crippen MR) is 84.9 cm³/mol. The van der Waals surface area contributed by atoms with E-state index in [4.69, 9.17) is 14.2 Å². The predicted octanol–water partition coefficient (Wildman–Crippen LogP) is 4.57. The molecule has 0 amide bonds. The summed E-state index contributed by atoms with van der Waals surface area (Å²) in [6.07, 6.45) is -2.91. The maximum atomic E-state index is 12.4. The van der Waals surface area contributed by atoms with Crippen LogP contribution in [0.5, 0.6) is 17.4 Å². The van der Waals surface area contributed by atoms with Gasteiger partial charge in [-0.05, 0) is 29.1 Å². The van der Waals surface area contributed by atoms with Crippen LogP contribution in [-0.2, 0) is 0 Å². The summed E-state index contributed by atoms with van der Waals surface area (Å²) in [7, 11) is 0. The van der Waals surface area contributed by atoms with Crippen molar-refractivity contribution >= 4 is 10.8 Å². The fourth-order valence-corrected chi connectivity index (χ4v) is 2.73. The first kappa shape index (κ1) is 15.6. The lowest BCUT2D eigenvalue weighted by Crippen LogP contribution is -2.19. The highest BCUT2D eigenvalue weighted by Gasteiger charge is 2.29. The van der Waals surface area contributed by atoms with Gasteiger partial charge in [-0.3, -0.25) is 0 Å². The zero-order valence-corrected chi connectivity index (χ0v) is 12.8. The molecule has 0 saturated carbocycles. The summed E-state index contributed by atoms with van der Waals surface area (Å²) >= 11 is 0. The van der Waals surface area contributed by atoms with E-state index in [1.807, 2.05) is 24.3 Å². The monoisotopic (exact) mass is 347 g/mol. The van der Waals surface area contributed by atoms with Crippen molar-refractivity contribution in [1.82, 2.24) is 4.98 Å². The summed E-state index contributed by atoms with van der Waals surface area (Å²) in [5.41, 5.74) is 1.60. The Labute approximate surface area is 140 Å². The number of benzene rings is 2. The topological polar surface area (TPSA) is 40.6 Å². The third kappa shape index (κ3) is 3.05. The van der Waals surface area contributed by atoms with Crippen molar-refractivity contribution in [1.29, 1.82) is 0 Å². The van der Waals surface area contributed by atoms with Gasteiger partial charge in [0, 0.05) is 17.1 Å². The third-order valence-corrected chi connectivity index (χ3v) is 3.81. The Hall–Kier alpha value is -2.96. The molecular weight excluding hydrogens is 335 g/mol. The van der Waals surface area contributed by atoms with Crippen LogP contribution in [0.15, 0.2) is 48.7 Å². The fourth-order valence-electron chi connectivity index (χ4n) is 2.73. The second kappa shape index (κ2) is 5.84. The van der Waals surface area contributed by atoms with E-state index >= 15 is 0 Å². The molecule has 0 fully saturated rings. The largest absolute Gasteiger partial charge is 0.468 e.